The van der Waals surface area contributed by atoms with Crippen LogP contribution in [-0.4, -0.2) is 18.6 Å². The molecule has 0 aliphatic carbocycles. The lowest BCUT2D eigenvalue weighted by molar-refractivity contribution is 0.415. The molecule has 2 atom stereocenters. The first-order chi connectivity index (χ1) is 8.28. The van der Waals surface area contributed by atoms with Crippen LogP contribution in [0.15, 0.2) is 18.2 Å². The molecule has 0 radical (unpaired) electrons. The summed E-state index contributed by atoms with van der Waals surface area (Å²) in [6.45, 7) is 3.39. The number of fused-ring (bicyclic) bond motifs is 1. The minimum absolute atomic E-state index is 0.429. The van der Waals surface area contributed by atoms with Gasteiger partial charge in [-0.05, 0) is 37.1 Å². The van der Waals surface area contributed by atoms with E-state index in [9.17, 15) is 0 Å². The zero-order chi connectivity index (χ0) is 11.8. The molecule has 2 heterocycles. The molecule has 1 aromatic carbocycles. The number of methoxy groups -OCH3 is 1. The third-order valence-corrected chi connectivity index (χ3v) is 4.51. The number of aromatic nitrogens is 1. The summed E-state index contributed by atoms with van der Waals surface area (Å²) in [6.07, 6.45) is 1.24. The van der Waals surface area contributed by atoms with Crippen molar-refractivity contribution in [1.82, 2.24) is 10.3 Å². The minimum atomic E-state index is 0.429. The van der Waals surface area contributed by atoms with Gasteiger partial charge in [0.15, 0.2) is 0 Å². The highest BCUT2D eigenvalue weighted by Gasteiger charge is 2.27. The Bertz CT molecular complexity index is 537. The van der Waals surface area contributed by atoms with Gasteiger partial charge in [0.1, 0.15) is 10.8 Å². The standard InChI is InChI=1S/C13H16N2OS/c1-8-5-6-14-12(8)13-15-10-4-3-9(16-2)7-11(10)17-13/h3-4,7-8,12,14H,5-6H2,1-2H3. The zero-order valence-corrected chi connectivity index (χ0v) is 10.9. The van der Waals surface area contributed by atoms with Crippen molar-refractivity contribution in [3.05, 3.63) is 23.2 Å². The Morgan fingerprint density at radius 3 is 3.06 bits per heavy atom. The largest absolute Gasteiger partial charge is 0.497 e. The van der Waals surface area contributed by atoms with Crippen molar-refractivity contribution in [2.45, 2.75) is 19.4 Å². The molecule has 2 unspecified atom stereocenters. The molecule has 17 heavy (non-hydrogen) atoms. The molecule has 90 valence electrons. The van der Waals surface area contributed by atoms with Gasteiger partial charge >= 0.3 is 0 Å². The number of nitrogens with one attached hydrogen (secondary N) is 1. The van der Waals surface area contributed by atoms with Gasteiger partial charge in [0.25, 0.3) is 0 Å². The van der Waals surface area contributed by atoms with Crippen molar-refractivity contribution in [3.63, 3.8) is 0 Å². The summed E-state index contributed by atoms with van der Waals surface area (Å²) in [5.41, 5.74) is 1.08. The Balaban J connectivity index is 2.01. The second-order valence-corrected chi connectivity index (χ2v) is 5.65. The van der Waals surface area contributed by atoms with Gasteiger partial charge in [0, 0.05) is 0 Å². The first-order valence-corrected chi connectivity index (χ1v) is 6.77. The van der Waals surface area contributed by atoms with Crippen molar-refractivity contribution >= 4 is 21.6 Å². The van der Waals surface area contributed by atoms with Gasteiger partial charge in [0.2, 0.25) is 0 Å². The highest BCUT2D eigenvalue weighted by atomic mass is 32.1. The van der Waals surface area contributed by atoms with Gasteiger partial charge in [0.05, 0.1) is 23.4 Å². The number of nitrogens with zero attached hydrogens (tertiary/aromatic N) is 1. The van der Waals surface area contributed by atoms with Gasteiger partial charge in [-0.1, -0.05) is 6.92 Å². The summed E-state index contributed by atoms with van der Waals surface area (Å²) in [7, 11) is 1.70. The second kappa shape index (κ2) is 4.27. The molecular weight excluding hydrogens is 232 g/mol. The smallest absolute Gasteiger partial charge is 0.120 e. The highest BCUT2D eigenvalue weighted by Crippen LogP contribution is 2.35. The van der Waals surface area contributed by atoms with E-state index >= 15 is 0 Å². The molecule has 1 aromatic heterocycles. The summed E-state index contributed by atoms with van der Waals surface area (Å²) in [4.78, 5) is 4.72. The van der Waals surface area contributed by atoms with E-state index in [1.165, 1.54) is 16.1 Å². The predicted octanol–water partition coefficient (Wildman–Crippen LogP) is 2.98. The zero-order valence-electron chi connectivity index (χ0n) is 10.1. The second-order valence-electron chi connectivity index (χ2n) is 4.58. The number of thiazole rings is 1. The lowest BCUT2D eigenvalue weighted by Gasteiger charge is -2.11. The summed E-state index contributed by atoms with van der Waals surface area (Å²) in [5.74, 6) is 1.58. The normalized spacial score (nSPS) is 24.4. The van der Waals surface area contributed by atoms with E-state index < -0.39 is 0 Å². The van der Waals surface area contributed by atoms with E-state index in [1.54, 1.807) is 18.4 Å². The first-order valence-electron chi connectivity index (χ1n) is 5.96. The van der Waals surface area contributed by atoms with E-state index in [0.717, 1.165) is 17.8 Å². The van der Waals surface area contributed by atoms with Gasteiger partial charge in [-0.15, -0.1) is 11.3 Å². The van der Waals surface area contributed by atoms with E-state index in [1.807, 2.05) is 12.1 Å². The molecule has 0 amide bonds. The lowest BCUT2D eigenvalue weighted by Crippen LogP contribution is -2.15. The number of rotatable bonds is 2. The van der Waals surface area contributed by atoms with Crippen LogP contribution >= 0.6 is 11.3 Å². The maximum atomic E-state index is 5.24. The molecule has 1 aliphatic heterocycles. The van der Waals surface area contributed by atoms with Crippen molar-refractivity contribution in [2.24, 2.45) is 5.92 Å². The fraction of sp³-hybridized carbons (Fsp3) is 0.462. The van der Waals surface area contributed by atoms with Gasteiger partial charge in [-0.3, -0.25) is 0 Å². The van der Waals surface area contributed by atoms with Gasteiger partial charge < -0.3 is 10.1 Å². The SMILES string of the molecule is COc1ccc2nc(C3NCCC3C)sc2c1. The summed E-state index contributed by atoms with van der Waals surface area (Å²) >= 11 is 1.77. The van der Waals surface area contributed by atoms with Crippen molar-refractivity contribution in [2.75, 3.05) is 13.7 Å². The van der Waals surface area contributed by atoms with E-state index in [0.29, 0.717) is 12.0 Å². The first kappa shape index (κ1) is 11.0. The maximum absolute atomic E-state index is 5.24. The molecule has 1 aliphatic rings. The molecule has 1 saturated heterocycles. The van der Waals surface area contributed by atoms with Crippen molar-refractivity contribution < 1.29 is 4.74 Å². The van der Waals surface area contributed by atoms with E-state index in [-0.39, 0.29) is 0 Å². The molecule has 0 saturated carbocycles. The van der Waals surface area contributed by atoms with Gasteiger partial charge in [-0.25, -0.2) is 4.98 Å². The van der Waals surface area contributed by atoms with Crippen LogP contribution in [0.2, 0.25) is 0 Å². The molecule has 3 rings (SSSR count). The molecule has 1 N–H and O–H groups in total. The molecule has 3 nitrogen and oxygen atoms in total. The summed E-state index contributed by atoms with van der Waals surface area (Å²) in [6, 6.07) is 6.50. The molecule has 0 bridgehead atoms. The van der Waals surface area contributed by atoms with Crippen LogP contribution in [0.5, 0.6) is 5.75 Å². The monoisotopic (exact) mass is 248 g/mol. The van der Waals surface area contributed by atoms with Crippen LogP contribution in [0.4, 0.5) is 0 Å². The Kier molecular flexibility index (Phi) is 2.76. The van der Waals surface area contributed by atoms with Crippen LogP contribution < -0.4 is 10.1 Å². The third kappa shape index (κ3) is 1.91. The Labute approximate surface area is 105 Å². The summed E-state index contributed by atoms with van der Waals surface area (Å²) < 4.78 is 6.45. The van der Waals surface area contributed by atoms with Crippen LogP contribution in [-0.2, 0) is 0 Å². The molecule has 2 aromatic rings. The van der Waals surface area contributed by atoms with Crippen molar-refractivity contribution in [1.29, 1.82) is 0 Å². The quantitative estimate of drug-likeness (QED) is 0.887. The fourth-order valence-electron chi connectivity index (χ4n) is 2.35. The lowest BCUT2D eigenvalue weighted by atomic mass is 10.0. The summed E-state index contributed by atoms with van der Waals surface area (Å²) in [5, 5.41) is 4.74. The van der Waals surface area contributed by atoms with Crippen LogP contribution in [0.3, 0.4) is 0 Å². The highest BCUT2D eigenvalue weighted by molar-refractivity contribution is 7.18. The van der Waals surface area contributed by atoms with Crippen LogP contribution in [0.1, 0.15) is 24.4 Å². The topological polar surface area (TPSA) is 34.1 Å². The maximum Gasteiger partial charge on any atom is 0.120 e. The van der Waals surface area contributed by atoms with Crippen molar-refractivity contribution in [3.8, 4) is 5.75 Å². The minimum Gasteiger partial charge on any atom is -0.497 e. The molecule has 4 heteroatoms. The number of hydrogen-bond acceptors (Lipinski definition) is 4. The average molecular weight is 248 g/mol. The predicted molar refractivity (Wildman–Crippen MR) is 70.7 cm³/mol. The average Bonchev–Trinajstić information content (AvgIpc) is 2.93. The molecular formula is C13H16N2OS. The number of ether oxygens (including phenoxy) is 1. The fourth-order valence-corrected chi connectivity index (χ4v) is 3.55. The van der Waals surface area contributed by atoms with Gasteiger partial charge in [-0.2, -0.15) is 0 Å². The molecule has 1 fully saturated rings. The third-order valence-electron chi connectivity index (χ3n) is 3.41. The number of benzene rings is 1. The Hall–Kier alpha value is -1.13. The number of hydrogen-bond donors (Lipinski definition) is 1. The molecule has 0 spiro atoms. The van der Waals surface area contributed by atoms with Crippen LogP contribution in [0.25, 0.3) is 10.2 Å². The Morgan fingerprint density at radius 1 is 1.47 bits per heavy atom. The Morgan fingerprint density at radius 2 is 2.35 bits per heavy atom. The van der Waals surface area contributed by atoms with Crippen LogP contribution in [0, 0.1) is 5.92 Å². The van der Waals surface area contributed by atoms with E-state index in [4.69, 9.17) is 9.72 Å². The van der Waals surface area contributed by atoms with E-state index in [2.05, 4.69) is 18.3 Å².